The van der Waals surface area contributed by atoms with Gasteiger partial charge in [0.1, 0.15) is 0 Å². The van der Waals surface area contributed by atoms with Gasteiger partial charge in [0.25, 0.3) is 0 Å². The molecule has 1 aromatic heterocycles. The molecule has 3 aromatic rings. The first-order valence-electron chi connectivity index (χ1n) is 9.05. The lowest BCUT2D eigenvalue weighted by atomic mass is 10.2. The average Bonchev–Trinajstić information content (AvgIpc) is 2.98. The molecule has 2 heterocycles. The maximum atomic E-state index is 5.62. The number of hydrogen-bond donors (Lipinski definition) is 1. The highest BCUT2D eigenvalue weighted by Gasteiger charge is 2.21. The van der Waals surface area contributed by atoms with Crippen LogP contribution in [-0.2, 0) is 13.7 Å². The molecule has 0 atom stereocenters. The molecule has 0 amide bonds. The van der Waals surface area contributed by atoms with Gasteiger partial charge >= 0.3 is 0 Å². The second kappa shape index (κ2) is 7.43. The Morgan fingerprint density at radius 1 is 0.962 bits per heavy atom. The van der Waals surface area contributed by atoms with E-state index >= 15 is 0 Å². The standard InChI is InChI=1S/C20H23N5S/c1-22-19(17-8-4-2-5-9-17)21-25(20(22)26)16-23-12-14-24(15-13-23)18-10-6-3-7-11-18/h2-11H,12-16H2,1H3/p+1. The molecule has 0 aliphatic carbocycles. The van der Waals surface area contributed by atoms with Gasteiger partial charge in [0, 0.05) is 18.3 Å². The Balaban J connectivity index is 1.45. The van der Waals surface area contributed by atoms with E-state index in [-0.39, 0.29) is 0 Å². The second-order valence-corrected chi connectivity index (χ2v) is 7.13. The predicted molar refractivity (Wildman–Crippen MR) is 107 cm³/mol. The van der Waals surface area contributed by atoms with E-state index in [0.29, 0.717) is 0 Å². The third kappa shape index (κ3) is 3.43. The molecule has 0 radical (unpaired) electrons. The second-order valence-electron chi connectivity index (χ2n) is 6.76. The zero-order valence-electron chi connectivity index (χ0n) is 15.0. The molecule has 4 rings (SSSR count). The fraction of sp³-hybridized carbons (Fsp3) is 0.300. The minimum Gasteiger partial charge on any atom is -0.360 e. The van der Waals surface area contributed by atoms with Crippen LogP contribution < -0.4 is 9.80 Å². The molecule has 2 aromatic carbocycles. The van der Waals surface area contributed by atoms with Gasteiger partial charge in [0.15, 0.2) is 12.5 Å². The highest BCUT2D eigenvalue weighted by Crippen LogP contribution is 2.16. The number of rotatable bonds is 4. The first-order valence-corrected chi connectivity index (χ1v) is 9.46. The van der Waals surface area contributed by atoms with Crippen LogP contribution in [0.1, 0.15) is 0 Å². The number of benzene rings is 2. The number of piperazine rings is 1. The van der Waals surface area contributed by atoms with Gasteiger partial charge in [-0.2, -0.15) is 4.68 Å². The van der Waals surface area contributed by atoms with Crippen molar-refractivity contribution in [2.24, 2.45) is 7.05 Å². The van der Waals surface area contributed by atoms with Crippen LogP contribution in [0.2, 0.25) is 0 Å². The Labute approximate surface area is 159 Å². The molecule has 5 nitrogen and oxygen atoms in total. The summed E-state index contributed by atoms with van der Waals surface area (Å²) in [6.07, 6.45) is 0. The van der Waals surface area contributed by atoms with Crippen molar-refractivity contribution >= 4 is 17.9 Å². The van der Waals surface area contributed by atoms with Gasteiger partial charge in [-0.1, -0.05) is 48.5 Å². The molecule has 134 valence electrons. The van der Waals surface area contributed by atoms with Crippen LogP contribution in [0, 0.1) is 4.77 Å². The van der Waals surface area contributed by atoms with Gasteiger partial charge in [-0.05, 0) is 24.4 Å². The van der Waals surface area contributed by atoms with Gasteiger partial charge < -0.3 is 14.4 Å². The van der Waals surface area contributed by atoms with E-state index in [1.165, 1.54) is 10.6 Å². The van der Waals surface area contributed by atoms with Crippen LogP contribution in [-0.4, -0.2) is 40.5 Å². The number of nitrogens with zero attached hydrogens (tertiary/aromatic N) is 4. The summed E-state index contributed by atoms with van der Waals surface area (Å²) in [6.45, 7) is 5.13. The zero-order chi connectivity index (χ0) is 17.9. The molecule has 0 bridgehead atoms. The number of aromatic nitrogens is 3. The van der Waals surface area contributed by atoms with Crippen LogP contribution in [0.25, 0.3) is 11.4 Å². The molecule has 0 spiro atoms. The van der Waals surface area contributed by atoms with Crippen molar-refractivity contribution in [2.45, 2.75) is 6.67 Å². The highest BCUT2D eigenvalue weighted by molar-refractivity contribution is 7.71. The lowest BCUT2D eigenvalue weighted by Crippen LogP contribution is -3.14. The molecule has 6 heteroatoms. The van der Waals surface area contributed by atoms with Gasteiger partial charge in [0.05, 0.1) is 26.2 Å². The monoisotopic (exact) mass is 366 g/mol. The van der Waals surface area contributed by atoms with E-state index in [9.17, 15) is 0 Å². The quantitative estimate of drug-likeness (QED) is 0.717. The van der Waals surface area contributed by atoms with Gasteiger partial charge in [0.2, 0.25) is 4.77 Å². The van der Waals surface area contributed by atoms with Crippen molar-refractivity contribution in [2.75, 3.05) is 31.1 Å². The van der Waals surface area contributed by atoms with Gasteiger partial charge in [-0.15, -0.1) is 5.10 Å². The SMILES string of the molecule is Cn1c(-c2ccccc2)nn(C[NH+]2CCN(c3ccccc3)CC2)c1=S. The van der Waals surface area contributed by atoms with Crippen molar-refractivity contribution in [3.05, 3.63) is 65.4 Å². The predicted octanol–water partition coefficient (Wildman–Crippen LogP) is 1.98. The number of para-hydroxylation sites is 1. The molecular weight excluding hydrogens is 342 g/mol. The molecule has 1 aliphatic heterocycles. The minimum absolute atomic E-state index is 0.779. The summed E-state index contributed by atoms with van der Waals surface area (Å²) in [7, 11) is 2.00. The Hall–Kier alpha value is -2.44. The summed E-state index contributed by atoms with van der Waals surface area (Å²) in [6, 6.07) is 20.9. The summed E-state index contributed by atoms with van der Waals surface area (Å²) in [5, 5.41) is 4.79. The van der Waals surface area contributed by atoms with E-state index in [1.807, 2.05) is 34.5 Å². The molecule has 1 aliphatic rings. The van der Waals surface area contributed by atoms with Crippen molar-refractivity contribution in [3.63, 3.8) is 0 Å². The normalized spacial score (nSPS) is 15.3. The van der Waals surface area contributed by atoms with Crippen LogP contribution in [0.5, 0.6) is 0 Å². The van der Waals surface area contributed by atoms with Crippen LogP contribution in [0.4, 0.5) is 5.69 Å². The van der Waals surface area contributed by atoms with Crippen LogP contribution in [0.15, 0.2) is 60.7 Å². The van der Waals surface area contributed by atoms with Crippen LogP contribution >= 0.6 is 12.2 Å². The Kier molecular flexibility index (Phi) is 4.86. The average molecular weight is 367 g/mol. The fourth-order valence-electron chi connectivity index (χ4n) is 3.52. The van der Waals surface area contributed by atoms with E-state index in [4.69, 9.17) is 17.3 Å². The van der Waals surface area contributed by atoms with E-state index < -0.39 is 0 Å². The summed E-state index contributed by atoms with van der Waals surface area (Å²) in [4.78, 5) is 3.97. The first kappa shape index (κ1) is 17.0. The van der Waals surface area contributed by atoms with Crippen molar-refractivity contribution in [1.29, 1.82) is 0 Å². The summed E-state index contributed by atoms with van der Waals surface area (Å²) in [5.41, 5.74) is 2.41. The smallest absolute Gasteiger partial charge is 0.202 e. The zero-order valence-corrected chi connectivity index (χ0v) is 15.8. The number of hydrogen-bond acceptors (Lipinski definition) is 3. The number of quaternary nitrogens is 1. The Morgan fingerprint density at radius 3 is 2.23 bits per heavy atom. The third-order valence-corrected chi connectivity index (χ3v) is 5.52. The number of nitrogens with one attached hydrogen (secondary N) is 1. The third-order valence-electron chi connectivity index (χ3n) is 5.04. The van der Waals surface area contributed by atoms with Crippen LogP contribution in [0.3, 0.4) is 0 Å². The van der Waals surface area contributed by atoms with Crippen molar-refractivity contribution in [1.82, 2.24) is 14.3 Å². The number of anilines is 1. The highest BCUT2D eigenvalue weighted by atomic mass is 32.1. The Morgan fingerprint density at radius 2 is 1.58 bits per heavy atom. The van der Waals surface area contributed by atoms with Crippen molar-refractivity contribution in [3.8, 4) is 11.4 Å². The minimum atomic E-state index is 0.779. The van der Waals surface area contributed by atoms with E-state index in [1.54, 1.807) is 0 Å². The molecule has 0 saturated carbocycles. The molecular formula is C20H24N5S+. The Bertz CT molecular complexity index is 908. The molecule has 0 unspecified atom stereocenters. The summed E-state index contributed by atoms with van der Waals surface area (Å²) in [5.74, 6) is 0.929. The molecule has 1 saturated heterocycles. The molecule has 26 heavy (non-hydrogen) atoms. The molecule has 1 fully saturated rings. The molecule has 1 N–H and O–H groups in total. The fourth-order valence-corrected chi connectivity index (χ4v) is 3.71. The first-order chi connectivity index (χ1) is 12.7. The van der Waals surface area contributed by atoms with Crippen molar-refractivity contribution < 1.29 is 4.90 Å². The van der Waals surface area contributed by atoms with Gasteiger partial charge in [-0.3, -0.25) is 0 Å². The lowest BCUT2D eigenvalue weighted by Gasteiger charge is -2.33. The van der Waals surface area contributed by atoms with Gasteiger partial charge in [-0.25, -0.2) is 0 Å². The topological polar surface area (TPSA) is 30.4 Å². The summed E-state index contributed by atoms with van der Waals surface area (Å²) >= 11 is 5.62. The van der Waals surface area contributed by atoms with E-state index in [0.717, 1.165) is 49.0 Å². The largest absolute Gasteiger partial charge is 0.360 e. The summed E-state index contributed by atoms with van der Waals surface area (Å²) < 4.78 is 4.76. The lowest BCUT2D eigenvalue weighted by molar-refractivity contribution is -0.924. The van der Waals surface area contributed by atoms with E-state index in [2.05, 4.69) is 47.4 Å². The maximum Gasteiger partial charge on any atom is 0.202 e. The maximum absolute atomic E-state index is 5.62.